The fourth-order valence-electron chi connectivity index (χ4n) is 1.62. The van der Waals surface area contributed by atoms with Crippen LogP contribution >= 0.6 is 22.6 Å². The summed E-state index contributed by atoms with van der Waals surface area (Å²) in [5, 5.41) is 10.6. The van der Waals surface area contributed by atoms with E-state index in [2.05, 4.69) is 27.3 Å². The minimum absolute atomic E-state index is 0.179. The Hall–Kier alpha value is -1.88. The second-order valence-electron chi connectivity index (χ2n) is 4.09. The van der Waals surface area contributed by atoms with Gasteiger partial charge in [-0.3, -0.25) is 14.8 Å². The molecule has 0 saturated carbocycles. The number of hydrogen-bond acceptors (Lipinski definition) is 5. The van der Waals surface area contributed by atoms with Crippen molar-refractivity contribution in [1.29, 1.82) is 0 Å². The summed E-state index contributed by atoms with van der Waals surface area (Å²) < 4.78 is 27.8. The summed E-state index contributed by atoms with van der Waals surface area (Å²) in [7, 11) is -3.90. The van der Waals surface area contributed by atoms with Gasteiger partial charge >= 0.3 is 0 Å². The number of nitro groups is 1. The van der Waals surface area contributed by atoms with E-state index >= 15 is 0 Å². The highest BCUT2D eigenvalue weighted by Gasteiger charge is 2.20. The number of nitrogens with one attached hydrogen (secondary N) is 1. The zero-order chi connectivity index (χ0) is 15.6. The summed E-state index contributed by atoms with van der Waals surface area (Å²) in [6.07, 6.45) is 0. The summed E-state index contributed by atoms with van der Waals surface area (Å²) in [5.41, 5.74) is 5.54. The molecule has 0 aromatic heterocycles. The van der Waals surface area contributed by atoms with Crippen LogP contribution in [0.3, 0.4) is 0 Å². The normalized spacial score (nSPS) is 11.1. The molecular formula is C12H10IN3O4S. The number of nitro benzene ring substituents is 1. The minimum atomic E-state index is -3.90. The maximum Gasteiger partial charge on any atom is 0.271 e. The quantitative estimate of drug-likeness (QED) is 0.342. The zero-order valence-electron chi connectivity index (χ0n) is 10.5. The molecule has 0 atom stereocenters. The van der Waals surface area contributed by atoms with Crippen molar-refractivity contribution in [3.63, 3.8) is 0 Å². The maximum atomic E-state index is 12.2. The van der Waals surface area contributed by atoms with Crippen LogP contribution in [-0.4, -0.2) is 13.3 Å². The Balaban J connectivity index is 2.35. The number of nitrogens with zero attached hydrogens (tertiary/aromatic N) is 1. The Kier molecular flexibility index (Phi) is 4.32. The lowest BCUT2D eigenvalue weighted by molar-refractivity contribution is -0.384. The first-order valence-electron chi connectivity index (χ1n) is 5.62. The topological polar surface area (TPSA) is 115 Å². The molecule has 0 radical (unpaired) electrons. The van der Waals surface area contributed by atoms with Crippen molar-refractivity contribution in [1.82, 2.24) is 0 Å². The summed E-state index contributed by atoms with van der Waals surface area (Å²) in [6.45, 7) is 0. The molecule has 0 aliphatic rings. The van der Waals surface area contributed by atoms with E-state index in [1.807, 2.05) is 0 Å². The average Bonchev–Trinajstić information content (AvgIpc) is 2.40. The Labute approximate surface area is 134 Å². The lowest BCUT2D eigenvalue weighted by atomic mass is 10.3. The highest BCUT2D eigenvalue weighted by molar-refractivity contribution is 14.1. The number of rotatable bonds is 4. The molecule has 0 heterocycles. The fraction of sp³-hybridized carbons (Fsp3) is 0. The van der Waals surface area contributed by atoms with Gasteiger partial charge in [0.05, 0.1) is 10.6 Å². The number of nitrogens with two attached hydrogens (primary N) is 1. The van der Waals surface area contributed by atoms with Crippen LogP contribution in [0.1, 0.15) is 0 Å². The summed E-state index contributed by atoms with van der Waals surface area (Å²) >= 11 is 2.10. The van der Waals surface area contributed by atoms with Crippen molar-refractivity contribution >= 4 is 49.7 Å². The average molecular weight is 419 g/mol. The number of sulfonamides is 1. The van der Waals surface area contributed by atoms with Crippen LogP contribution in [0.25, 0.3) is 0 Å². The van der Waals surface area contributed by atoms with Crippen molar-refractivity contribution in [2.24, 2.45) is 0 Å². The predicted octanol–water partition coefficient (Wildman–Crippen LogP) is 2.58. The van der Waals surface area contributed by atoms with Crippen LogP contribution in [-0.2, 0) is 10.0 Å². The summed E-state index contributed by atoms with van der Waals surface area (Å²) in [5.74, 6) is 0. The third-order valence-electron chi connectivity index (χ3n) is 2.59. The zero-order valence-corrected chi connectivity index (χ0v) is 13.5. The van der Waals surface area contributed by atoms with Crippen LogP contribution in [0, 0.1) is 13.7 Å². The third-order valence-corrected chi connectivity index (χ3v) is 4.76. The Morgan fingerprint density at radius 2 is 1.76 bits per heavy atom. The molecule has 0 spiro atoms. The highest BCUT2D eigenvalue weighted by Crippen LogP contribution is 2.25. The number of anilines is 2. The molecule has 0 unspecified atom stereocenters. The largest absolute Gasteiger partial charge is 0.397 e. The van der Waals surface area contributed by atoms with Crippen LogP contribution < -0.4 is 10.5 Å². The SMILES string of the molecule is Nc1cc([N+](=O)[O-])ccc1S(=O)(=O)Nc1ccc(I)cc1. The first-order chi connectivity index (χ1) is 9.79. The van der Waals surface area contributed by atoms with Gasteiger partial charge in [-0.1, -0.05) is 0 Å². The molecule has 110 valence electrons. The van der Waals surface area contributed by atoms with E-state index < -0.39 is 14.9 Å². The molecular weight excluding hydrogens is 409 g/mol. The first kappa shape index (κ1) is 15.5. The molecule has 3 N–H and O–H groups in total. The maximum absolute atomic E-state index is 12.2. The van der Waals surface area contributed by atoms with Crippen LogP contribution in [0.15, 0.2) is 47.4 Å². The van der Waals surface area contributed by atoms with Crippen molar-refractivity contribution in [3.05, 3.63) is 56.1 Å². The van der Waals surface area contributed by atoms with Crippen molar-refractivity contribution < 1.29 is 13.3 Å². The van der Waals surface area contributed by atoms with Gasteiger partial charge < -0.3 is 5.73 Å². The van der Waals surface area contributed by atoms with Gasteiger partial charge in [-0.25, -0.2) is 8.42 Å². The second kappa shape index (κ2) is 5.85. The Morgan fingerprint density at radius 1 is 1.14 bits per heavy atom. The lowest BCUT2D eigenvalue weighted by Gasteiger charge is -2.10. The number of benzene rings is 2. The van der Waals surface area contributed by atoms with Crippen LogP contribution in [0.4, 0.5) is 17.1 Å². The molecule has 0 aliphatic carbocycles. The highest BCUT2D eigenvalue weighted by atomic mass is 127. The van der Waals surface area contributed by atoms with E-state index in [1.54, 1.807) is 24.3 Å². The number of non-ortho nitro benzene ring substituents is 1. The van der Waals surface area contributed by atoms with E-state index in [0.29, 0.717) is 5.69 Å². The van der Waals surface area contributed by atoms with Gasteiger partial charge in [0.25, 0.3) is 15.7 Å². The van der Waals surface area contributed by atoms with Crippen molar-refractivity contribution in [2.75, 3.05) is 10.5 Å². The van der Waals surface area contributed by atoms with E-state index in [9.17, 15) is 18.5 Å². The van der Waals surface area contributed by atoms with Crippen molar-refractivity contribution in [3.8, 4) is 0 Å². The molecule has 0 amide bonds. The molecule has 0 bridgehead atoms. The molecule has 2 rings (SSSR count). The molecule has 7 nitrogen and oxygen atoms in total. The number of halogens is 1. The first-order valence-corrected chi connectivity index (χ1v) is 8.18. The van der Waals surface area contributed by atoms with E-state index in [0.717, 1.165) is 21.8 Å². The smallest absolute Gasteiger partial charge is 0.271 e. The van der Waals surface area contributed by atoms with Gasteiger partial charge in [-0.05, 0) is 52.9 Å². The standard InChI is InChI=1S/C12H10IN3O4S/c13-8-1-3-9(4-2-8)15-21(19,20)12-6-5-10(16(17)18)7-11(12)14/h1-7,15H,14H2. The summed E-state index contributed by atoms with van der Waals surface area (Å²) in [4.78, 5) is 9.78. The van der Waals surface area contributed by atoms with Gasteiger partial charge in [-0.2, -0.15) is 0 Å². The molecule has 21 heavy (non-hydrogen) atoms. The van der Waals surface area contributed by atoms with Gasteiger partial charge in [-0.15, -0.1) is 0 Å². The van der Waals surface area contributed by atoms with Crippen molar-refractivity contribution in [2.45, 2.75) is 4.90 Å². The minimum Gasteiger partial charge on any atom is -0.397 e. The predicted molar refractivity (Wildman–Crippen MR) is 87.5 cm³/mol. The van der Waals surface area contributed by atoms with E-state index in [-0.39, 0.29) is 16.3 Å². The Bertz CT molecular complexity index is 791. The molecule has 2 aromatic carbocycles. The number of nitrogen functional groups attached to an aromatic ring is 1. The van der Waals surface area contributed by atoms with Gasteiger partial charge in [0.1, 0.15) is 4.90 Å². The fourth-order valence-corrected chi connectivity index (χ4v) is 3.15. The summed E-state index contributed by atoms with van der Waals surface area (Å²) in [6, 6.07) is 9.95. The van der Waals surface area contributed by atoms with Crippen LogP contribution in [0.2, 0.25) is 0 Å². The lowest BCUT2D eigenvalue weighted by Crippen LogP contribution is -2.15. The monoisotopic (exact) mass is 419 g/mol. The third kappa shape index (κ3) is 3.61. The molecule has 0 aliphatic heterocycles. The van der Waals surface area contributed by atoms with Crippen LogP contribution in [0.5, 0.6) is 0 Å². The Morgan fingerprint density at radius 3 is 2.29 bits per heavy atom. The molecule has 9 heteroatoms. The molecule has 0 fully saturated rings. The van der Waals surface area contributed by atoms with Gasteiger partial charge in [0.15, 0.2) is 0 Å². The van der Waals surface area contributed by atoms with Gasteiger partial charge in [0, 0.05) is 21.4 Å². The number of hydrogen-bond donors (Lipinski definition) is 2. The van der Waals surface area contributed by atoms with E-state index in [4.69, 9.17) is 5.73 Å². The second-order valence-corrected chi connectivity index (χ2v) is 6.99. The molecule has 2 aromatic rings. The molecule has 0 saturated heterocycles. The van der Waals surface area contributed by atoms with E-state index in [1.165, 1.54) is 0 Å². The van der Waals surface area contributed by atoms with Gasteiger partial charge in [0.2, 0.25) is 0 Å².